The van der Waals surface area contributed by atoms with Crippen molar-refractivity contribution in [2.75, 3.05) is 13.7 Å². The van der Waals surface area contributed by atoms with Crippen molar-refractivity contribution in [1.82, 2.24) is 14.7 Å². The van der Waals surface area contributed by atoms with Crippen molar-refractivity contribution < 1.29 is 32.8 Å². The smallest absolute Gasteiger partial charge is 0.442 e. The molecule has 1 fully saturated rings. The van der Waals surface area contributed by atoms with E-state index < -0.39 is 64.0 Å². The lowest BCUT2D eigenvalue weighted by Crippen LogP contribution is -2.70. The quantitative estimate of drug-likeness (QED) is 0.409. The molecule has 0 bridgehead atoms. The lowest BCUT2D eigenvalue weighted by atomic mass is 9.97. The normalized spacial score (nSPS) is 20.6. The number of ether oxygens (including phenoxy) is 1. The molecule has 0 radical (unpaired) electrons. The van der Waals surface area contributed by atoms with Gasteiger partial charge in [0.25, 0.3) is 5.89 Å². The van der Waals surface area contributed by atoms with Gasteiger partial charge in [0.05, 0.1) is 19.3 Å². The van der Waals surface area contributed by atoms with Crippen molar-refractivity contribution in [1.29, 1.82) is 0 Å². The second-order valence-electron chi connectivity index (χ2n) is 10.8. The van der Waals surface area contributed by atoms with E-state index in [2.05, 4.69) is 5.10 Å². The van der Waals surface area contributed by atoms with Gasteiger partial charge in [-0.15, -0.1) is 5.10 Å². The van der Waals surface area contributed by atoms with Crippen LogP contribution in [0.1, 0.15) is 63.7 Å². The standard InChI is InChI=1S/C27H38N5O7/c1-15(2)20(28)24(34)32(14-8-9-18(32)6)25(35)30(26(36)38-7)21(16(3)4)22(33)23-29-31(27(37)39-23)19-12-10-17(5)11-13-19/h10-13,15-16,18,20-21H,8-9,14,28H2,1-7H3/q+1/t18-,20+,21+,32?/m1/s1. The highest BCUT2D eigenvalue weighted by atomic mass is 16.5. The molecule has 0 saturated carbocycles. The third-order valence-corrected chi connectivity index (χ3v) is 7.42. The molecule has 1 aliphatic rings. The van der Waals surface area contributed by atoms with Gasteiger partial charge < -0.3 is 14.9 Å². The fraction of sp³-hybridized carbons (Fsp3) is 0.556. The van der Waals surface area contributed by atoms with Crippen LogP contribution >= 0.6 is 0 Å². The molecular weight excluding hydrogens is 506 g/mol. The number of quaternary nitrogens is 1. The van der Waals surface area contributed by atoms with Gasteiger partial charge in [0.2, 0.25) is 5.78 Å². The second kappa shape index (κ2) is 11.6. The Labute approximate surface area is 227 Å². The third kappa shape index (κ3) is 5.44. The minimum Gasteiger partial charge on any atom is -0.452 e. The number of methoxy groups -OCH3 is 1. The maximum absolute atomic E-state index is 14.3. The van der Waals surface area contributed by atoms with Crippen LogP contribution in [0.15, 0.2) is 33.5 Å². The van der Waals surface area contributed by atoms with E-state index in [4.69, 9.17) is 14.9 Å². The first-order chi connectivity index (χ1) is 18.3. The molecule has 12 heteroatoms. The van der Waals surface area contributed by atoms with Crippen molar-refractivity contribution >= 4 is 23.8 Å². The van der Waals surface area contributed by atoms with Crippen molar-refractivity contribution in [2.45, 2.75) is 72.5 Å². The van der Waals surface area contributed by atoms with Gasteiger partial charge in [-0.2, -0.15) is 14.1 Å². The van der Waals surface area contributed by atoms with Crippen molar-refractivity contribution in [3.8, 4) is 5.69 Å². The molecule has 3 rings (SSSR count). The predicted octanol–water partition coefficient (Wildman–Crippen LogP) is 3.04. The number of nitrogens with zero attached hydrogens (tertiary/aromatic N) is 4. The van der Waals surface area contributed by atoms with Gasteiger partial charge in [0.1, 0.15) is 18.1 Å². The van der Waals surface area contributed by atoms with E-state index in [0.29, 0.717) is 23.4 Å². The van der Waals surface area contributed by atoms with E-state index in [0.717, 1.165) is 17.4 Å². The Morgan fingerprint density at radius 2 is 1.74 bits per heavy atom. The van der Waals surface area contributed by atoms with Gasteiger partial charge in [-0.25, -0.2) is 19.2 Å². The molecule has 12 nitrogen and oxygen atoms in total. The average molecular weight is 545 g/mol. The van der Waals surface area contributed by atoms with Gasteiger partial charge in [0.15, 0.2) is 0 Å². The number of aryl methyl sites for hydroxylation is 1. The molecular formula is C27H38N5O7+. The minimum absolute atomic E-state index is 0.128. The zero-order valence-corrected chi connectivity index (χ0v) is 23.5. The number of nitrogens with two attached hydrogens (primary N) is 1. The van der Waals surface area contributed by atoms with E-state index in [9.17, 15) is 24.0 Å². The number of ketones is 1. The van der Waals surface area contributed by atoms with Gasteiger partial charge >= 0.3 is 23.8 Å². The summed E-state index contributed by atoms with van der Waals surface area (Å²) in [6, 6.07) is 3.00. The summed E-state index contributed by atoms with van der Waals surface area (Å²) in [6.07, 6.45) is -0.0166. The molecule has 2 N–H and O–H groups in total. The number of hydrogen-bond donors (Lipinski definition) is 1. The highest BCUT2D eigenvalue weighted by Crippen LogP contribution is 2.33. The highest BCUT2D eigenvalue weighted by molar-refractivity contribution is 6.03. The van der Waals surface area contributed by atoms with Crippen LogP contribution < -0.4 is 11.5 Å². The molecule has 2 heterocycles. The third-order valence-electron chi connectivity index (χ3n) is 7.42. The SMILES string of the molecule is COC(=O)N(C(=O)[N+]1(C(=O)[C@@H](N)C(C)C)CCC[C@H]1C)[C@H](C(=O)c1nn(-c2ccc(C)cc2)c(=O)o1)C(C)C. The number of Topliss-reactive ketones (excluding diaryl/α,β-unsaturated/α-hetero) is 1. The molecule has 0 spiro atoms. The topological polar surface area (TPSA) is 155 Å². The van der Waals surface area contributed by atoms with Gasteiger partial charge in [-0.3, -0.25) is 4.79 Å². The first-order valence-electron chi connectivity index (χ1n) is 13.1. The number of benzene rings is 1. The molecule has 212 valence electrons. The van der Waals surface area contributed by atoms with Crippen LogP contribution in [0.4, 0.5) is 9.59 Å². The van der Waals surface area contributed by atoms with Crippen LogP contribution in [-0.2, 0) is 9.53 Å². The van der Waals surface area contributed by atoms with Crippen LogP contribution in [0.3, 0.4) is 0 Å². The highest BCUT2D eigenvalue weighted by Gasteiger charge is 2.59. The Bertz CT molecular complexity index is 1300. The van der Waals surface area contributed by atoms with E-state index >= 15 is 0 Å². The Morgan fingerprint density at radius 1 is 1.13 bits per heavy atom. The largest absolute Gasteiger partial charge is 0.452 e. The Balaban J connectivity index is 2.11. The summed E-state index contributed by atoms with van der Waals surface area (Å²) in [5.74, 6) is -3.80. The fourth-order valence-corrected chi connectivity index (χ4v) is 5.01. The number of imide groups is 2. The summed E-state index contributed by atoms with van der Waals surface area (Å²) in [7, 11) is 1.08. The molecule has 1 aromatic carbocycles. The van der Waals surface area contributed by atoms with Crippen LogP contribution in [-0.4, -0.2) is 74.8 Å². The van der Waals surface area contributed by atoms with E-state index in [1.165, 1.54) is 0 Å². The number of rotatable bonds is 7. The fourth-order valence-electron chi connectivity index (χ4n) is 5.01. The van der Waals surface area contributed by atoms with Crippen LogP contribution in [0, 0.1) is 18.8 Å². The first-order valence-corrected chi connectivity index (χ1v) is 13.1. The van der Waals surface area contributed by atoms with E-state index in [-0.39, 0.29) is 12.5 Å². The van der Waals surface area contributed by atoms with Crippen molar-refractivity contribution in [2.24, 2.45) is 17.6 Å². The van der Waals surface area contributed by atoms with Crippen molar-refractivity contribution in [3.63, 3.8) is 0 Å². The summed E-state index contributed by atoms with van der Waals surface area (Å²) < 4.78 is 10.3. The van der Waals surface area contributed by atoms with Gasteiger partial charge in [-0.05, 0) is 37.8 Å². The summed E-state index contributed by atoms with van der Waals surface area (Å²) >= 11 is 0. The van der Waals surface area contributed by atoms with Crippen molar-refractivity contribution in [3.05, 3.63) is 46.3 Å². The Hall–Kier alpha value is -3.64. The summed E-state index contributed by atoms with van der Waals surface area (Å²) in [4.78, 5) is 68.2. The van der Waals surface area contributed by atoms with Crippen LogP contribution in [0.2, 0.25) is 0 Å². The average Bonchev–Trinajstić information content (AvgIpc) is 3.48. The summed E-state index contributed by atoms with van der Waals surface area (Å²) in [5.41, 5.74) is 7.55. The number of carbonyl (C=O) groups excluding carboxylic acids is 4. The van der Waals surface area contributed by atoms with Crippen LogP contribution in [0.5, 0.6) is 0 Å². The lowest BCUT2D eigenvalue weighted by Gasteiger charge is -2.40. The molecule has 1 aliphatic heterocycles. The molecule has 1 unspecified atom stereocenters. The van der Waals surface area contributed by atoms with Gasteiger partial charge in [-0.1, -0.05) is 45.4 Å². The van der Waals surface area contributed by atoms with Gasteiger partial charge in [0, 0.05) is 12.8 Å². The molecule has 4 atom stereocenters. The molecule has 1 aromatic heterocycles. The molecule has 1 saturated heterocycles. The number of urea groups is 1. The summed E-state index contributed by atoms with van der Waals surface area (Å²) in [5, 5.41) is 4.06. The first kappa shape index (κ1) is 29.9. The van der Waals surface area contributed by atoms with E-state index in [1.807, 2.05) is 6.92 Å². The predicted molar refractivity (Wildman–Crippen MR) is 141 cm³/mol. The number of aromatic nitrogens is 2. The number of hydrogen-bond acceptors (Lipinski definition) is 9. The number of likely N-dealkylation sites (tertiary alicyclic amines) is 1. The molecule has 2 aromatic rings. The number of carbonyl (C=O) groups is 4. The lowest BCUT2D eigenvalue weighted by molar-refractivity contribution is -0.788. The molecule has 0 aliphatic carbocycles. The monoisotopic (exact) mass is 544 g/mol. The zero-order chi connectivity index (χ0) is 29.2. The number of amides is 4. The summed E-state index contributed by atoms with van der Waals surface area (Å²) in [6.45, 7) is 10.6. The second-order valence-corrected chi connectivity index (χ2v) is 10.8. The van der Waals surface area contributed by atoms with Crippen LogP contribution in [0.25, 0.3) is 5.69 Å². The Kier molecular flexibility index (Phi) is 8.91. The molecule has 4 amide bonds. The zero-order valence-electron chi connectivity index (χ0n) is 23.5. The maximum atomic E-state index is 14.3. The molecule has 39 heavy (non-hydrogen) atoms. The minimum atomic E-state index is -1.47. The Morgan fingerprint density at radius 3 is 2.23 bits per heavy atom. The van der Waals surface area contributed by atoms with E-state index in [1.54, 1.807) is 58.9 Å². The maximum Gasteiger partial charge on any atom is 0.442 e.